The van der Waals surface area contributed by atoms with E-state index in [0.717, 1.165) is 43.7 Å². The van der Waals surface area contributed by atoms with Crippen LogP contribution in [0, 0.1) is 40.4 Å². The van der Waals surface area contributed by atoms with Crippen LogP contribution in [0.3, 0.4) is 0 Å². The lowest BCUT2D eigenvalue weighted by Crippen LogP contribution is -2.60. The number of carbonyl (C=O) groups is 1. The van der Waals surface area contributed by atoms with Gasteiger partial charge in [-0.2, -0.15) is 11.8 Å². The van der Waals surface area contributed by atoms with Gasteiger partial charge in [-0.15, -0.1) is 0 Å². The van der Waals surface area contributed by atoms with Gasteiger partial charge < -0.3 is 5.11 Å². The predicted molar refractivity (Wildman–Crippen MR) is 120 cm³/mol. The second kappa shape index (κ2) is 7.52. The monoisotopic (exact) mass is 419 g/mol. The molecule has 0 amide bonds. The van der Waals surface area contributed by atoms with Crippen LogP contribution in [-0.4, -0.2) is 52.5 Å². The maximum Gasteiger partial charge on any atom is 0.133 e. The number of aliphatic hydroxyl groups excluding tert-OH is 1. The molecule has 1 aliphatic heterocycles. The van der Waals surface area contributed by atoms with Crippen LogP contribution in [-0.2, 0) is 4.79 Å². The van der Waals surface area contributed by atoms with Gasteiger partial charge in [0.05, 0.1) is 6.10 Å². The first kappa shape index (κ1) is 20.8. The number of nitrogens with zero attached hydrogens (tertiary/aromatic N) is 1. The number of Topliss-reactive ketones (excluding diaryl/α,β-unsaturated/α-hetero) is 1. The normalized spacial score (nSPS) is 53.0. The molecule has 29 heavy (non-hydrogen) atoms. The maximum absolute atomic E-state index is 12.4. The molecule has 1 N–H and O–H groups in total. The van der Waals surface area contributed by atoms with E-state index in [1.54, 1.807) is 0 Å². The number of aliphatic hydroxyl groups is 1. The highest BCUT2D eigenvalue weighted by molar-refractivity contribution is 7.99. The Balaban J connectivity index is 1.40. The van der Waals surface area contributed by atoms with Gasteiger partial charge in [-0.3, -0.25) is 9.69 Å². The Morgan fingerprint density at radius 2 is 1.72 bits per heavy atom. The van der Waals surface area contributed by atoms with Crippen molar-refractivity contribution in [1.29, 1.82) is 0 Å². The lowest BCUT2D eigenvalue weighted by molar-refractivity contribution is -0.151. The van der Waals surface area contributed by atoms with Crippen molar-refractivity contribution >= 4 is 17.5 Å². The van der Waals surface area contributed by atoms with Gasteiger partial charge in [-0.05, 0) is 92.8 Å². The molecular formula is C25H41NO2S. The number of rotatable bonds is 2. The Morgan fingerprint density at radius 1 is 1.00 bits per heavy atom. The highest BCUT2D eigenvalue weighted by atomic mass is 32.2. The van der Waals surface area contributed by atoms with Gasteiger partial charge in [-0.1, -0.05) is 13.8 Å². The van der Waals surface area contributed by atoms with Crippen molar-refractivity contribution in [1.82, 2.24) is 4.90 Å². The Morgan fingerprint density at radius 3 is 2.45 bits per heavy atom. The molecule has 1 saturated heterocycles. The van der Waals surface area contributed by atoms with Crippen LogP contribution >= 0.6 is 11.8 Å². The number of fused-ring (bicyclic) bond motifs is 5. The van der Waals surface area contributed by atoms with Crippen molar-refractivity contribution in [3.8, 4) is 0 Å². The first-order valence-electron chi connectivity index (χ1n) is 12.3. The van der Waals surface area contributed by atoms with E-state index < -0.39 is 0 Å². The Labute approximate surface area is 181 Å². The Bertz CT molecular complexity index is 649. The standard InChI is InChI=1S/C25H41NO2S/c1-16(27)19-6-7-20-18-5-4-17-14-23(28)22(26-10-12-29-13-11-26)15-25(17,3)21(18)8-9-24(19,20)2/h17-23,28H,4-15H2,1-3H3/t17-,18-,19+,20-,21-,22-,23-,24+,25-/m0/s1. The predicted octanol–water partition coefficient (Wildman–Crippen LogP) is 4.62. The summed E-state index contributed by atoms with van der Waals surface area (Å²) in [5, 5.41) is 11.1. The summed E-state index contributed by atoms with van der Waals surface area (Å²) >= 11 is 2.07. The molecule has 4 aliphatic carbocycles. The molecular weight excluding hydrogens is 378 g/mol. The van der Waals surface area contributed by atoms with Crippen molar-refractivity contribution in [3.05, 3.63) is 0 Å². The number of hydrogen-bond donors (Lipinski definition) is 1. The van der Waals surface area contributed by atoms with Crippen molar-refractivity contribution < 1.29 is 9.90 Å². The molecule has 0 bridgehead atoms. The minimum atomic E-state index is -0.129. The molecule has 1 heterocycles. The molecule has 0 unspecified atom stereocenters. The van der Waals surface area contributed by atoms with E-state index in [1.165, 1.54) is 50.0 Å². The SMILES string of the molecule is CC(=O)[C@H]1CC[C@H]2[C@@H]3CC[C@H]4C[C@H](O)[C@@H](N5CCSCC5)C[C@]4(C)[C@H]3CC[C@]12C. The second-order valence-corrected chi connectivity index (χ2v) is 12.9. The van der Waals surface area contributed by atoms with Gasteiger partial charge in [0, 0.05) is 36.6 Å². The summed E-state index contributed by atoms with van der Waals surface area (Å²) < 4.78 is 0. The van der Waals surface area contributed by atoms with Crippen molar-refractivity contribution in [2.45, 2.75) is 84.3 Å². The number of carbonyl (C=O) groups excluding carboxylic acids is 1. The molecule has 3 nitrogen and oxygen atoms in total. The summed E-state index contributed by atoms with van der Waals surface area (Å²) in [6.07, 6.45) is 9.70. The first-order chi connectivity index (χ1) is 13.8. The van der Waals surface area contributed by atoms with Crippen LogP contribution in [0.1, 0.15) is 72.1 Å². The van der Waals surface area contributed by atoms with Crippen LogP contribution in [0.2, 0.25) is 0 Å². The fraction of sp³-hybridized carbons (Fsp3) is 0.960. The van der Waals surface area contributed by atoms with Crippen molar-refractivity contribution in [3.63, 3.8) is 0 Å². The van der Waals surface area contributed by atoms with Gasteiger partial charge >= 0.3 is 0 Å². The fourth-order valence-corrected chi connectivity index (χ4v) is 10.2. The van der Waals surface area contributed by atoms with E-state index in [0.29, 0.717) is 29.1 Å². The third-order valence-electron chi connectivity index (χ3n) is 10.7. The highest BCUT2D eigenvalue weighted by Gasteiger charge is 2.61. The lowest BCUT2D eigenvalue weighted by atomic mass is 9.44. The first-order valence-corrected chi connectivity index (χ1v) is 13.5. The zero-order valence-corrected chi connectivity index (χ0v) is 19.6. The Kier molecular flexibility index (Phi) is 5.40. The molecule has 164 valence electrons. The average Bonchev–Trinajstić information content (AvgIpc) is 3.06. The largest absolute Gasteiger partial charge is 0.391 e. The number of hydrogen-bond acceptors (Lipinski definition) is 4. The van der Waals surface area contributed by atoms with Gasteiger partial charge in [-0.25, -0.2) is 0 Å². The number of thioether (sulfide) groups is 1. The highest BCUT2D eigenvalue weighted by Crippen LogP contribution is 2.67. The quantitative estimate of drug-likeness (QED) is 0.709. The van der Waals surface area contributed by atoms with E-state index in [1.807, 2.05) is 6.92 Å². The maximum atomic E-state index is 12.4. The third kappa shape index (κ3) is 3.18. The molecule has 0 aromatic carbocycles. The summed E-state index contributed by atoms with van der Waals surface area (Å²) in [6, 6.07) is 0.373. The number of ketones is 1. The van der Waals surface area contributed by atoms with E-state index in [2.05, 4.69) is 30.5 Å². The van der Waals surface area contributed by atoms with E-state index in [4.69, 9.17) is 0 Å². The molecule has 0 spiro atoms. The average molecular weight is 420 g/mol. The van der Waals surface area contributed by atoms with Crippen molar-refractivity contribution in [2.75, 3.05) is 24.6 Å². The van der Waals surface area contributed by atoms with Crippen molar-refractivity contribution in [2.24, 2.45) is 40.4 Å². The van der Waals surface area contributed by atoms with Crippen LogP contribution < -0.4 is 0 Å². The summed E-state index contributed by atoms with van der Waals surface area (Å²) in [5.41, 5.74) is 0.640. The van der Waals surface area contributed by atoms with Gasteiger partial charge in [0.15, 0.2) is 0 Å². The molecule has 4 heteroatoms. The summed E-state index contributed by atoms with van der Waals surface area (Å²) in [7, 11) is 0. The van der Waals surface area contributed by atoms with E-state index >= 15 is 0 Å². The molecule has 0 aromatic rings. The molecule has 0 aromatic heterocycles. The minimum absolute atomic E-state index is 0.129. The van der Waals surface area contributed by atoms with Gasteiger partial charge in [0.1, 0.15) is 5.78 Å². The smallest absolute Gasteiger partial charge is 0.133 e. The zero-order chi connectivity index (χ0) is 20.4. The minimum Gasteiger partial charge on any atom is -0.391 e. The van der Waals surface area contributed by atoms with E-state index in [9.17, 15) is 9.90 Å². The molecule has 9 atom stereocenters. The van der Waals surface area contributed by atoms with Gasteiger partial charge in [0.2, 0.25) is 0 Å². The topological polar surface area (TPSA) is 40.5 Å². The van der Waals surface area contributed by atoms with Crippen LogP contribution in [0.4, 0.5) is 0 Å². The molecule has 0 radical (unpaired) electrons. The lowest BCUT2D eigenvalue weighted by Gasteiger charge is -2.62. The summed E-state index contributed by atoms with van der Waals surface area (Å²) in [6.45, 7) is 9.21. The molecule has 5 rings (SSSR count). The molecule has 5 fully saturated rings. The summed E-state index contributed by atoms with van der Waals surface area (Å²) in [4.78, 5) is 15.0. The molecule has 4 saturated carbocycles. The van der Waals surface area contributed by atoms with E-state index in [-0.39, 0.29) is 11.5 Å². The Hall–Kier alpha value is -0.0600. The third-order valence-corrected chi connectivity index (χ3v) is 11.6. The van der Waals surface area contributed by atoms with Gasteiger partial charge in [0.25, 0.3) is 0 Å². The second-order valence-electron chi connectivity index (χ2n) is 11.7. The van der Waals surface area contributed by atoms with Crippen LogP contribution in [0.15, 0.2) is 0 Å². The fourth-order valence-electron chi connectivity index (χ4n) is 9.22. The molecule has 5 aliphatic rings. The zero-order valence-electron chi connectivity index (χ0n) is 18.7. The van der Waals surface area contributed by atoms with Crippen LogP contribution in [0.25, 0.3) is 0 Å². The van der Waals surface area contributed by atoms with Crippen LogP contribution in [0.5, 0.6) is 0 Å². The summed E-state index contributed by atoms with van der Waals surface area (Å²) in [5.74, 6) is 6.27.